The van der Waals surface area contributed by atoms with E-state index in [0.717, 1.165) is 43.8 Å². The molecular formula is C15H19N3O. The quantitative estimate of drug-likeness (QED) is 0.912. The van der Waals surface area contributed by atoms with Gasteiger partial charge in [-0.05, 0) is 43.4 Å². The van der Waals surface area contributed by atoms with E-state index in [2.05, 4.69) is 34.4 Å². The van der Waals surface area contributed by atoms with Gasteiger partial charge in [-0.3, -0.25) is 0 Å². The number of aromatic nitrogens is 2. The van der Waals surface area contributed by atoms with Gasteiger partial charge in [-0.1, -0.05) is 29.4 Å². The number of fused-ring (bicyclic) bond motifs is 1. The molecule has 0 spiro atoms. The average Bonchev–Trinajstić information content (AvgIpc) is 2.93. The van der Waals surface area contributed by atoms with E-state index in [1.54, 1.807) is 0 Å². The second-order valence-electron chi connectivity index (χ2n) is 5.15. The third-order valence-electron chi connectivity index (χ3n) is 3.79. The van der Waals surface area contributed by atoms with Gasteiger partial charge in [0.2, 0.25) is 5.89 Å². The summed E-state index contributed by atoms with van der Waals surface area (Å²) in [7, 11) is 0. The highest BCUT2D eigenvalue weighted by Gasteiger charge is 2.23. The van der Waals surface area contributed by atoms with E-state index in [1.165, 1.54) is 11.1 Å². The molecule has 0 amide bonds. The number of nitrogens with zero attached hydrogens (tertiary/aromatic N) is 2. The zero-order chi connectivity index (χ0) is 13.1. The van der Waals surface area contributed by atoms with Gasteiger partial charge in [-0.15, -0.1) is 0 Å². The summed E-state index contributed by atoms with van der Waals surface area (Å²) >= 11 is 0. The Morgan fingerprint density at radius 2 is 2.11 bits per heavy atom. The zero-order valence-corrected chi connectivity index (χ0v) is 11.0. The van der Waals surface area contributed by atoms with Crippen molar-refractivity contribution < 1.29 is 4.52 Å². The van der Waals surface area contributed by atoms with Crippen LogP contribution in [0, 0.1) is 0 Å². The predicted molar refractivity (Wildman–Crippen MR) is 72.9 cm³/mol. The van der Waals surface area contributed by atoms with Crippen molar-refractivity contribution in [3.05, 3.63) is 47.1 Å². The number of benzene rings is 1. The van der Waals surface area contributed by atoms with Gasteiger partial charge >= 0.3 is 0 Å². The van der Waals surface area contributed by atoms with Gasteiger partial charge in [0.1, 0.15) is 0 Å². The van der Waals surface area contributed by atoms with Crippen LogP contribution >= 0.6 is 0 Å². The van der Waals surface area contributed by atoms with Crippen molar-refractivity contribution in [3.63, 3.8) is 0 Å². The van der Waals surface area contributed by atoms with Crippen molar-refractivity contribution in [1.82, 2.24) is 10.1 Å². The fourth-order valence-corrected chi connectivity index (χ4v) is 2.71. The predicted octanol–water partition coefficient (Wildman–Crippen LogP) is 2.23. The van der Waals surface area contributed by atoms with Crippen molar-refractivity contribution in [2.45, 2.75) is 38.0 Å². The molecule has 0 saturated carbocycles. The zero-order valence-electron chi connectivity index (χ0n) is 11.0. The first-order valence-corrected chi connectivity index (χ1v) is 6.96. The van der Waals surface area contributed by atoms with Crippen molar-refractivity contribution in [2.24, 2.45) is 5.73 Å². The molecule has 1 aliphatic carbocycles. The van der Waals surface area contributed by atoms with Gasteiger partial charge in [0.05, 0.1) is 0 Å². The van der Waals surface area contributed by atoms with Crippen LogP contribution in [0.1, 0.15) is 41.6 Å². The first-order valence-electron chi connectivity index (χ1n) is 6.96. The van der Waals surface area contributed by atoms with Gasteiger partial charge < -0.3 is 10.3 Å². The molecule has 0 saturated heterocycles. The maximum Gasteiger partial charge on any atom is 0.226 e. The lowest BCUT2D eigenvalue weighted by atomic mass is 9.83. The van der Waals surface area contributed by atoms with E-state index in [1.807, 2.05) is 0 Å². The molecule has 0 radical (unpaired) electrons. The molecule has 0 bridgehead atoms. The van der Waals surface area contributed by atoms with Gasteiger partial charge in [-0.2, -0.15) is 4.98 Å². The van der Waals surface area contributed by atoms with Crippen molar-refractivity contribution >= 4 is 0 Å². The van der Waals surface area contributed by atoms with Crippen molar-refractivity contribution in [1.29, 1.82) is 0 Å². The Labute approximate surface area is 113 Å². The standard InChI is InChI=1S/C15H19N3O/c16-9-3-6-14-17-15(18-19-14)13-8-7-11-4-1-2-5-12(11)10-13/h1-2,4-5,13H,3,6-10,16H2. The second kappa shape index (κ2) is 5.53. The number of nitrogens with two attached hydrogens (primary N) is 1. The lowest BCUT2D eigenvalue weighted by Gasteiger charge is -2.21. The summed E-state index contributed by atoms with van der Waals surface area (Å²) < 4.78 is 5.29. The Morgan fingerprint density at radius 1 is 1.26 bits per heavy atom. The van der Waals surface area contributed by atoms with E-state index in [-0.39, 0.29) is 0 Å². The molecule has 1 aromatic heterocycles. The summed E-state index contributed by atoms with van der Waals surface area (Å²) in [5.41, 5.74) is 8.38. The fourth-order valence-electron chi connectivity index (χ4n) is 2.71. The second-order valence-corrected chi connectivity index (χ2v) is 5.15. The van der Waals surface area contributed by atoms with E-state index >= 15 is 0 Å². The van der Waals surface area contributed by atoms with Crippen LogP contribution in [0.15, 0.2) is 28.8 Å². The molecule has 2 aromatic rings. The van der Waals surface area contributed by atoms with Crippen LogP contribution in [0.3, 0.4) is 0 Å². The van der Waals surface area contributed by atoms with Gasteiger partial charge in [-0.25, -0.2) is 0 Å². The Kier molecular flexibility index (Phi) is 3.60. The van der Waals surface area contributed by atoms with E-state index in [9.17, 15) is 0 Å². The van der Waals surface area contributed by atoms with Crippen molar-refractivity contribution in [2.75, 3.05) is 6.54 Å². The molecule has 4 nitrogen and oxygen atoms in total. The summed E-state index contributed by atoms with van der Waals surface area (Å²) in [5.74, 6) is 1.98. The molecule has 4 heteroatoms. The molecule has 2 N–H and O–H groups in total. The first kappa shape index (κ1) is 12.4. The molecule has 1 aromatic carbocycles. The monoisotopic (exact) mass is 257 g/mol. The highest BCUT2D eigenvalue weighted by atomic mass is 16.5. The van der Waals surface area contributed by atoms with Gasteiger partial charge in [0, 0.05) is 12.3 Å². The normalized spacial score (nSPS) is 18.3. The number of hydrogen-bond acceptors (Lipinski definition) is 4. The fraction of sp³-hybridized carbons (Fsp3) is 0.467. The van der Waals surface area contributed by atoms with Crippen LogP contribution in [0.5, 0.6) is 0 Å². The Hall–Kier alpha value is -1.68. The van der Waals surface area contributed by atoms with E-state index in [4.69, 9.17) is 10.3 Å². The summed E-state index contributed by atoms with van der Waals surface area (Å²) in [4.78, 5) is 4.51. The molecule has 1 atom stereocenters. The van der Waals surface area contributed by atoms with E-state index < -0.39 is 0 Å². The van der Waals surface area contributed by atoms with Crippen LogP contribution in [-0.2, 0) is 19.3 Å². The molecule has 0 aliphatic heterocycles. The SMILES string of the molecule is NCCCc1nc(C2CCc3ccccc3C2)no1. The van der Waals surface area contributed by atoms with Gasteiger partial charge in [0.15, 0.2) is 5.82 Å². The Bertz CT molecular complexity index is 550. The minimum Gasteiger partial charge on any atom is -0.339 e. The molecule has 1 unspecified atom stereocenters. The van der Waals surface area contributed by atoms with Crippen LogP contribution in [0.2, 0.25) is 0 Å². The minimum atomic E-state index is 0.394. The number of aryl methyl sites for hydroxylation is 2. The molecule has 0 fully saturated rings. The molecular weight excluding hydrogens is 238 g/mol. The number of hydrogen-bond donors (Lipinski definition) is 1. The highest BCUT2D eigenvalue weighted by molar-refractivity contribution is 5.31. The summed E-state index contributed by atoms with van der Waals surface area (Å²) in [6.07, 6.45) is 4.91. The number of rotatable bonds is 4. The van der Waals surface area contributed by atoms with Crippen molar-refractivity contribution in [3.8, 4) is 0 Å². The smallest absolute Gasteiger partial charge is 0.226 e. The molecule has 19 heavy (non-hydrogen) atoms. The molecule has 1 aliphatic rings. The highest BCUT2D eigenvalue weighted by Crippen LogP contribution is 2.31. The first-order chi connectivity index (χ1) is 9.36. The third-order valence-corrected chi connectivity index (χ3v) is 3.79. The minimum absolute atomic E-state index is 0.394. The molecule has 100 valence electrons. The van der Waals surface area contributed by atoms with Gasteiger partial charge in [0.25, 0.3) is 0 Å². The Balaban J connectivity index is 1.72. The van der Waals surface area contributed by atoms with Crippen LogP contribution in [-0.4, -0.2) is 16.7 Å². The maximum absolute atomic E-state index is 5.49. The van der Waals surface area contributed by atoms with Crippen LogP contribution < -0.4 is 5.73 Å². The third kappa shape index (κ3) is 2.68. The molecule has 1 heterocycles. The average molecular weight is 257 g/mol. The Morgan fingerprint density at radius 3 is 2.95 bits per heavy atom. The molecule has 3 rings (SSSR count). The lowest BCUT2D eigenvalue weighted by molar-refractivity contribution is 0.365. The lowest BCUT2D eigenvalue weighted by Crippen LogP contribution is -2.13. The van der Waals surface area contributed by atoms with E-state index in [0.29, 0.717) is 12.5 Å². The topological polar surface area (TPSA) is 64.9 Å². The summed E-state index contributed by atoms with van der Waals surface area (Å²) in [5, 5.41) is 4.14. The summed E-state index contributed by atoms with van der Waals surface area (Å²) in [6.45, 7) is 0.661. The van der Waals surface area contributed by atoms with Crippen LogP contribution in [0.4, 0.5) is 0 Å². The van der Waals surface area contributed by atoms with Crippen LogP contribution in [0.25, 0.3) is 0 Å². The maximum atomic E-state index is 5.49. The largest absolute Gasteiger partial charge is 0.339 e. The summed E-state index contributed by atoms with van der Waals surface area (Å²) in [6, 6.07) is 8.63.